The number of H-pyrrole nitrogens is 1. The van der Waals surface area contributed by atoms with E-state index in [4.69, 9.17) is 10.6 Å². The summed E-state index contributed by atoms with van der Waals surface area (Å²) in [5, 5.41) is 21.8. The third kappa shape index (κ3) is 2.14. The number of nitrogens with two attached hydrogens (primary N) is 1. The molecule has 2 aromatic rings. The van der Waals surface area contributed by atoms with E-state index in [1.807, 2.05) is 0 Å². The molecule has 9 nitrogen and oxygen atoms in total. The molecule has 0 fully saturated rings. The average molecular weight is 288 g/mol. The van der Waals surface area contributed by atoms with Crippen molar-refractivity contribution in [2.45, 2.75) is 6.54 Å². The van der Waals surface area contributed by atoms with Gasteiger partial charge in [0.1, 0.15) is 11.5 Å². The van der Waals surface area contributed by atoms with Crippen LogP contribution in [-0.4, -0.2) is 28.7 Å². The Hall–Kier alpha value is -3.10. The molecule has 1 aliphatic heterocycles. The average Bonchev–Trinajstić information content (AvgIpc) is 2.67. The maximum atomic E-state index is 11.8. The second-order valence-electron chi connectivity index (χ2n) is 4.39. The van der Waals surface area contributed by atoms with Gasteiger partial charge in [-0.3, -0.25) is 0 Å². The monoisotopic (exact) mass is 288 g/mol. The molecule has 0 aliphatic carbocycles. The minimum atomic E-state index is -0.732. The quantitative estimate of drug-likeness (QED) is 0.476. The fourth-order valence-corrected chi connectivity index (χ4v) is 2.04. The summed E-state index contributed by atoms with van der Waals surface area (Å²) in [6.07, 6.45) is 0. The van der Waals surface area contributed by atoms with E-state index in [0.29, 0.717) is 11.5 Å². The van der Waals surface area contributed by atoms with Gasteiger partial charge in [0.25, 0.3) is 5.69 Å². The van der Waals surface area contributed by atoms with E-state index in [2.05, 4.69) is 15.4 Å². The van der Waals surface area contributed by atoms with Crippen molar-refractivity contribution < 1.29 is 14.5 Å². The van der Waals surface area contributed by atoms with Crippen molar-refractivity contribution in [3.63, 3.8) is 0 Å². The Morgan fingerprint density at radius 2 is 2.10 bits per heavy atom. The molecular weight excluding hydrogens is 276 g/mol. The van der Waals surface area contributed by atoms with E-state index in [0.717, 1.165) is 10.4 Å². The molecule has 0 saturated heterocycles. The topological polar surface area (TPSA) is 125 Å². The van der Waals surface area contributed by atoms with Gasteiger partial charge < -0.3 is 9.84 Å². The van der Waals surface area contributed by atoms with E-state index in [1.54, 1.807) is 31.4 Å². The van der Waals surface area contributed by atoms with Gasteiger partial charge in [-0.1, -0.05) is 5.21 Å². The van der Waals surface area contributed by atoms with Gasteiger partial charge >= 0.3 is 5.56 Å². The highest BCUT2D eigenvalue weighted by Crippen LogP contribution is 2.13. The fraction of sp³-hybridized carbons (Fsp3) is 0.167. The smallest absolute Gasteiger partial charge is 0.425 e. The lowest BCUT2D eigenvalue weighted by molar-refractivity contribution is -0.743. The van der Waals surface area contributed by atoms with Crippen molar-refractivity contribution in [1.29, 1.82) is 0 Å². The van der Waals surface area contributed by atoms with Crippen LogP contribution in [0.4, 0.5) is 0 Å². The van der Waals surface area contributed by atoms with Gasteiger partial charge in [0.15, 0.2) is 6.54 Å². The molecule has 1 aliphatic rings. The summed E-state index contributed by atoms with van der Waals surface area (Å²) in [5.41, 5.74) is 0.495. The Balaban J connectivity index is 2.04. The van der Waals surface area contributed by atoms with Gasteiger partial charge in [-0.2, -0.15) is 10.2 Å². The van der Waals surface area contributed by atoms with Crippen LogP contribution in [0.1, 0.15) is 11.3 Å². The van der Waals surface area contributed by atoms with Crippen LogP contribution in [-0.2, 0) is 6.54 Å². The van der Waals surface area contributed by atoms with Gasteiger partial charge in [0, 0.05) is 5.56 Å². The van der Waals surface area contributed by atoms with Gasteiger partial charge in [0.2, 0.25) is 0 Å². The van der Waals surface area contributed by atoms with E-state index >= 15 is 0 Å². The number of nitrogen functional groups attached to an aromatic ring is 1. The van der Waals surface area contributed by atoms with Crippen molar-refractivity contribution >= 4 is 11.6 Å². The molecule has 1 aromatic carbocycles. The molecule has 2 heterocycles. The normalized spacial score (nSPS) is 14.0. The number of methoxy groups -OCH3 is 1. The van der Waals surface area contributed by atoms with E-state index in [-0.39, 0.29) is 12.2 Å². The highest BCUT2D eigenvalue weighted by molar-refractivity contribution is 6.01. The minimum absolute atomic E-state index is 0.148. The Morgan fingerprint density at radius 3 is 2.76 bits per heavy atom. The Morgan fingerprint density at radius 1 is 1.38 bits per heavy atom. The number of aromatic amines is 1. The van der Waals surface area contributed by atoms with E-state index in [9.17, 15) is 9.90 Å². The molecular formula is C12H12N6O3. The molecule has 0 saturated carbocycles. The summed E-state index contributed by atoms with van der Waals surface area (Å²) in [6.45, 7) is 0.177. The van der Waals surface area contributed by atoms with Crippen LogP contribution in [0, 0.1) is 0 Å². The summed E-state index contributed by atoms with van der Waals surface area (Å²) in [5.74, 6) is 5.41. The van der Waals surface area contributed by atoms with Crippen molar-refractivity contribution in [3.8, 4) is 5.75 Å². The number of nitrogens with one attached hydrogen (secondary N) is 1. The van der Waals surface area contributed by atoms with Gasteiger partial charge in [-0.05, 0) is 29.1 Å². The highest BCUT2D eigenvalue weighted by atomic mass is 16.5. The third-order valence-corrected chi connectivity index (χ3v) is 3.11. The lowest BCUT2D eigenvalue weighted by atomic mass is 10.1. The molecule has 0 spiro atoms. The van der Waals surface area contributed by atoms with Gasteiger partial charge in [0.05, 0.1) is 13.0 Å². The number of hydrogen-bond donors (Lipinski definition) is 2. The van der Waals surface area contributed by atoms with Crippen molar-refractivity contribution in [2.24, 2.45) is 10.2 Å². The number of benzene rings is 1. The first-order valence-corrected chi connectivity index (χ1v) is 6.06. The lowest BCUT2D eigenvalue weighted by Crippen LogP contribution is -2.47. The number of aromatic nitrogens is 3. The second kappa shape index (κ2) is 4.78. The first kappa shape index (κ1) is 12.9. The maximum Gasteiger partial charge on any atom is 0.425 e. The molecule has 3 N–H and O–H groups in total. The molecule has 0 amide bonds. The SMILES string of the molecule is COc1ccc(C2=NN=C([O-])c3c(=O)n(N)[nH][n+]3C2)cc1. The van der Waals surface area contributed by atoms with Crippen molar-refractivity contribution in [2.75, 3.05) is 13.0 Å². The molecule has 21 heavy (non-hydrogen) atoms. The van der Waals surface area contributed by atoms with E-state index in [1.165, 1.54) is 4.68 Å². The molecule has 108 valence electrons. The number of hydrogen-bond acceptors (Lipinski definition) is 6. The van der Waals surface area contributed by atoms with Gasteiger partial charge in [-0.15, -0.1) is 4.68 Å². The zero-order valence-corrected chi connectivity index (χ0v) is 11.1. The Labute approximate surface area is 118 Å². The van der Waals surface area contributed by atoms with Crippen LogP contribution in [0.3, 0.4) is 0 Å². The van der Waals surface area contributed by atoms with Gasteiger partial charge in [-0.25, -0.2) is 10.6 Å². The Kier molecular flexibility index (Phi) is 2.94. The first-order valence-electron chi connectivity index (χ1n) is 6.06. The molecule has 3 rings (SSSR count). The second-order valence-corrected chi connectivity index (χ2v) is 4.39. The van der Waals surface area contributed by atoms with Crippen LogP contribution in [0.5, 0.6) is 5.75 Å². The largest absolute Gasteiger partial charge is 0.854 e. The summed E-state index contributed by atoms with van der Waals surface area (Å²) < 4.78 is 6.41. The van der Waals surface area contributed by atoms with Crippen molar-refractivity contribution in [3.05, 3.63) is 45.9 Å². The van der Waals surface area contributed by atoms with Crippen LogP contribution in [0.2, 0.25) is 0 Å². The van der Waals surface area contributed by atoms with Crippen LogP contribution < -0.4 is 25.9 Å². The molecule has 0 radical (unpaired) electrons. The predicted molar refractivity (Wildman–Crippen MR) is 71.5 cm³/mol. The Bertz CT molecular complexity index is 799. The highest BCUT2D eigenvalue weighted by Gasteiger charge is 2.24. The number of nitrogens with zero attached hydrogens (tertiary/aromatic N) is 4. The molecule has 0 bridgehead atoms. The predicted octanol–water partition coefficient (Wildman–Crippen LogP) is -2.29. The molecule has 0 atom stereocenters. The number of fused-ring (bicyclic) bond motifs is 1. The fourth-order valence-electron chi connectivity index (χ4n) is 2.04. The standard InChI is InChI=1S/C12H12N6O3/c1-21-8-4-2-7(3-5-8)9-6-17-10(11(19)15-14-9)12(20)18(13)16-17/h2-5H,6H2,1H3,(H3-,13,15,16,19,20). The summed E-state index contributed by atoms with van der Waals surface area (Å²) in [4.78, 5) is 12.5. The number of rotatable bonds is 2. The lowest BCUT2D eigenvalue weighted by Gasteiger charge is -2.04. The maximum absolute atomic E-state index is 11.8. The third-order valence-electron chi connectivity index (χ3n) is 3.11. The molecule has 9 heteroatoms. The van der Waals surface area contributed by atoms with Crippen molar-refractivity contribution in [1.82, 2.24) is 10.0 Å². The summed E-state index contributed by atoms with van der Waals surface area (Å²) in [7, 11) is 1.57. The summed E-state index contributed by atoms with van der Waals surface area (Å²) >= 11 is 0. The zero-order chi connectivity index (χ0) is 15.0. The molecule has 0 unspecified atom stereocenters. The zero-order valence-electron chi connectivity index (χ0n) is 11.1. The van der Waals surface area contributed by atoms with E-state index < -0.39 is 11.5 Å². The number of ether oxygens (including phenoxy) is 1. The molecule has 1 aromatic heterocycles. The van der Waals surface area contributed by atoms with Crippen LogP contribution in [0.15, 0.2) is 39.3 Å². The minimum Gasteiger partial charge on any atom is -0.854 e. The van der Waals surface area contributed by atoms with Crippen LogP contribution >= 0.6 is 0 Å². The van der Waals surface area contributed by atoms with Crippen LogP contribution in [0.25, 0.3) is 0 Å². The first-order chi connectivity index (χ1) is 10.1. The summed E-state index contributed by atoms with van der Waals surface area (Å²) in [6, 6.07) is 7.13.